The van der Waals surface area contributed by atoms with Gasteiger partial charge >= 0.3 is 0 Å². The summed E-state index contributed by atoms with van der Waals surface area (Å²) in [7, 11) is 0. The number of benzene rings is 1. The number of hydrogen-bond donors (Lipinski definition) is 0. The van der Waals surface area contributed by atoms with E-state index in [0.29, 0.717) is 5.56 Å². The Bertz CT molecular complexity index is 490. The summed E-state index contributed by atoms with van der Waals surface area (Å²) in [5.41, 5.74) is 2.68. The minimum atomic E-state index is 0.697. The van der Waals surface area contributed by atoms with Gasteiger partial charge in [0.05, 0.1) is 17.1 Å². The Morgan fingerprint density at radius 1 is 1.31 bits per heavy atom. The van der Waals surface area contributed by atoms with Crippen LogP contribution < -0.4 is 0 Å². The Labute approximate surface area is 76.5 Å². The maximum absolute atomic E-state index is 8.88. The van der Waals surface area contributed by atoms with Gasteiger partial charge in [0.2, 0.25) is 0 Å². The summed E-state index contributed by atoms with van der Waals surface area (Å²) in [6, 6.07) is 9.78. The van der Waals surface area contributed by atoms with Gasteiger partial charge in [-0.3, -0.25) is 4.98 Å². The van der Waals surface area contributed by atoms with Gasteiger partial charge in [-0.25, -0.2) is 0 Å². The first kappa shape index (κ1) is 7.75. The molecule has 0 atom stereocenters. The second-order valence-corrected chi connectivity index (χ2v) is 2.94. The first-order valence-electron chi connectivity index (χ1n) is 4.07. The molecule has 2 nitrogen and oxygen atoms in total. The summed E-state index contributed by atoms with van der Waals surface area (Å²) in [6.07, 6.45) is 1.67. The van der Waals surface area contributed by atoms with Crippen LogP contribution in [0.2, 0.25) is 0 Å². The normalized spacial score (nSPS) is 9.85. The van der Waals surface area contributed by atoms with Crippen LogP contribution in [0.5, 0.6) is 0 Å². The third-order valence-electron chi connectivity index (χ3n) is 2.10. The van der Waals surface area contributed by atoms with Crippen LogP contribution in [-0.2, 0) is 0 Å². The molecule has 0 fully saturated rings. The Kier molecular flexibility index (Phi) is 1.71. The van der Waals surface area contributed by atoms with Crippen LogP contribution in [0.3, 0.4) is 0 Å². The standard InChI is InChI=1S/C11H8N2/c1-8-3-2-4-10-11(8)9(7-12)5-6-13-10/h2-6H,1H3. The molecule has 0 saturated carbocycles. The fraction of sp³-hybridized carbons (Fsp3) is 0.0909. The Balaban J connectivity index is 2.97. The molecule has 2 heteroatoms. The molecule has 0 N–H and O–H groups in total. The van der Waals surface area contributed by atoms with E-state index in [2.05, 4.69) is 11.1 Å². The molecule has 0 amide bonds. The minimum absolute atomic E-state index is 0.697. The molecule has 0 aliphatic carbocycles. The number of fused-ring (bicyclic) bond motifs is 1. The molecule has 0 aliphatic rings. The van der Waals surface area contributed by atoms with E-state index in [-0.39, 0.29) is 0 Å². The number of nitriles is 1. The number of nitrogens with zero attached hydrogens (tertiary/aromatic N) is 2. The largest absolute Gasteiger partial charge is 0.256 e. The minimum Gasteiger partial charge on any atom is -0.256 e. The topological polar surface area (TPSA) is 36.7 Å². The molecule has 0 spiro atoms. The fourth-order valence-electron chi connectivity index (χ4n) is 1.48. The lowest BCUT2D eigenvalue weighted by atomic mass is 10.1. The molecule has 1 aromatic carbocycles. The van der Waals surface area contributed by atoms with Crippen molar-refractivity contribution < 1.29 is 0 Å². The number of aromatic nitrogens is 1. The van der Waals surface area contributed by atoms with Gasteiger partial charge in [0.25, 0.3) is 0 Å². The molecule has 62 valence electrons. The highest BCUT2D eigenvalue weighted by molar-refractivity contribution is 5.87. The number of aryl methyl sites for hydroxylation is 1. The van der Waals surface area contributed by atoms with Gasteiger partial charge in [-0.05, 0) is 24.6 Å². The molecule has 2 rings (SSSR count). The maximum Gasteiger partial charge on any atom is 0.0999 e. The van der Waals surface area contributed by atoms with Crippen LogP contribution >= 0.6 is 0 Å². The van der Waals surface area contributed by atoms with Crippen LogP contribution in [0, 0.1) is 18.3 Å². The smallest absolute Gasteiger partial charge is 0.0999 e. The second-order valence-electron chi connectivity index (χ2n) is 2.94. The molecule has 0 saturated heterocycles. The molecule has 1 heterocycles. The summed E-state index contributed by atoms with van der Waals surface area (Å²) in [4.78, 5) is 4.20. The average molecular weight is 168 g/mol. The van der Waals surface area contributed by atoms with E-state index in [0.717, 1.165) is 16.5 Å². The average Bonchev–Trinajstić information content (AvgIpc) is 2.17. The van der Waals surface area contributed by atoms with E-state index in [1.807, 2.05) is 25.1 Å². The summed E-state index contributed by atoms with van der Waals surface area (Å²) in [6.45, 7) is 1.99. The van der Waals surface area contributed by atoms with Gasteiger partial charge in [-0.15, -0.1) is 0 Å². The van der Waals surface area contributed by atoms with Gasteiger partial charge in [0.15, 0.2) is 0 Å². The van der Waals surface area contributed by atoms with Crippen molar-refractivity contribution in [2.24, 2.45) is 0 Å². The highest BCUT2D eigenvalue weighted by Crippen LogP contribution is 2.19. The van der Waals surface area contributed by atoms with Gasteiger partial charge in [-0.2, -0.15) is 5.26 Å². The SMILES string of the molecule is Cc1cccc2nccc(C#N)c12. The third-order valence-corrected chi connectivity index (χ3v) is 2.10. The lowest BCUT2D eigenvalue weighted by molar-refractivity contribution is 1.37. The predicted molar refractivity (Wildman–Crippen MR) is 51.2 cm³/mol. The Hall–Kier alpha value is -1.88. The van der Waals surface area contributed by atoms with Crippen molar-refractivity contribution in [2.75, 3.05) is 0 Å². The molecule has 2 aromatic rings. The Morgan fingerprint density at radius 2 is 2.15 bits per heavy atom. The zero-order valence-electron chi connectivity index (χ0n) is 7.28. The lowest BCUT2D eigenvalue weighted by Crippen LogP contribution is -1.85. The molecular formula is C11H8N2. The van der Waals surface area contributed by atoms with Crippen LogP contribution in [0.25, 0.3) is 10.9 Å². The lowest BCUT2D eigenvalue weighted by Gasteiger charge is -2.01. The highest BCUT2D eigenvalue weighted by atomic mass is 14.6. The van der Waals surface area contributed by atoms with Gasteiger partial charge in [0.1, 0.15) is 0 Å². The van der Waals surface area contributed by atoms with Crippen LogP contribution in [0.15, 0.2) is 30.5 Å². The number of rotatable bonds is 0. The summed E-state index contributed by atoms with van der Waals surface area (Å²) < 4.78 is 0. The van der Waals surface area contributed by atoms with E-state index in [9.17, 15) is 0 Å². The highest BCUT2D eigenvalue weighted by Gasteiger charge is 2.02. The first-order chi connectivity index (χ1) is 6.33. The summed E-state index contributed by atoms with van der Waals surface area (Å²) >= 11 is 0. The number of hydrogen-bond acceptors (Lipinski definition) is 2. The van der Waals surface area contributed by atoms with Crippen molar-refractivity contribution in [2.45, 2.75) is 6.92 Å². The maximum atomic E-state index is 8.88. The molecule has 0 unspecified atom stereocenters. The molecule has 13 heavy (non-hydrogen) atoms. The number of pyridine rings is 1. The van der Waals surface area contributed by atoms with Crippen molar-refractivity contribution in [1.82, 2.24) is 4.98 Å². The molecule has 0 radical (unpaired) electrons. The fourth-order valence-corrected chi connectivity index (χ4v) is 1.48. The van der Waals surface area contributed by atoms with Crippen LogP contribution in [0.1, 0.15) is 11.1 Å². The van der Waals surface area contributed by atoms with E-state index in [1.165, 1.54) is 0 Å². The molecule has 0 bridgehead atoms. The predicted octanol–water partition coefficient (Wildman–Crippen LogP) is 2.41. The molecule has 0 aliphatic heterocycles. The second kappa shape index (κ2) is 2.87. The van der Waals surface area contributed by atoms with Crippen molar-refractivity contribution in [1.29, 1.82) is 5.26 Å². The summed E-state index contributed by atoms with van der Waals surface area (Å²) in [5, 5.41) is 9.85. The monoisotopic (exact) mass is 168 g/mol. The van der Waals surface area contributed by atoms with Gasteiger partial charge < -0.3 is 0 Å². The van der Waals surface area contributed by atoms with Crippen LogP contribution in [-0.4, -0.2) is 4.98 Å². The third kappa shape index (κ3) is 1.15. The van der Waals surface area contributed by atoms with E-state index < -0.39 is 0 Å². The van der Waals surface area contributed by atoms with Crippen LogP contribution in [0.4, 0.5) is 0 Å². The zero-order valence-corrected chi connectivity index (χ0v) is 7.28. The quantitative estimate of drug-likeness (QED) is 0.605. The van der Waals surface area contributed by atoms with E-state index in [1.54, 1.807) is 12.3 Å². The van der Waals surface area contributed by atoms with E-state index >= 15 is 0 Å². The first-order valence-corrected chi connectivity index (χ1v) is 4.07. The van der Waals surface area contributed by atoms with Crippen molar-refractivity contribution in [3.8, 4) is 6.07 Å². The zero-order chi connectivity index (χ0) is 9.26. The van der Waals surface area contributed by atoms with Gasteiger partial charge in [0, 0.05) is 11.6 Å². The van der Waals surface area contributed by atoms with Crippen molar-refractivity contribution in [3.05, 3.63) is 41.6 Å². The van der Waals surface area contributed by atoms with Crippen molar-refractivity contribution >= 4 is 10.9 Å². The van der Waals surface area contributed by atoms with Crippen molar-refractivity contribution in [3.63, 3.8) is 0 Å². The molecular weight excluding hydrogens is 160 g/mol. The van der Waals surface area contributed by atoms with Gasteiger partial charge in [-0.1, -0.05) is 12.1 Å². The van der Waals surface area contributed by atoms with E-state index in [4.69, 9.17) is 5.26 Å². The molecule has 1 aromatic heterocycles. The Morgan fingerprint density at radius 3 is 2.92 bits per heavy atom. The summed E-state index contributed by atoms with van der Waals surface area (Å²) in [5.74, 6) is 0.